The third-order valence-electron chi connectivity index (χ3n) is 2.89. The molecule has 0 spiro atoms. The maximum atomic E-state index is 5.86. The molecule has 0 atom stereocenters. The summed E-state index contributed by atoms with van der Waals surface area (Å²) in [7, 11) is 0. The third-order valence-corrected chi connectivity index (χ3v) is 3.35. The van der Waals surface area contributed by atoms with Gasteiger partial charge < -0.3 is 15.0 Å². The first-order valence-electron chi connectivity index (χ1n) is 6.57. The van der Waals surface area contributed by atoms with Gasteiger partial charge in [-0.15, -0.1) is 0 Å². The van der Waals surface area contributed by atoms with Crippen molar-refractivity contribution in [2.24, 2.45) is 5.73 Å². The van der Waals surface area contributed by atoms with Crippen LogP contribution in [0.3, 0.4) is 0 Å². The third kappa shape index (κ3) is 3.58. The highest BCUT2D eigenvalue weighted by Gasteiger charge is 2.11. The van der Waals surface area contributed by atoms with E-state index >= 15 is 0 Å². The standard InChI is InChI=1S/C14H18BrN3O2/c1-3-13-17-12(18-20-13)8-19-14-9(2)6-11(15)7-10(14)4-5-16/h6-7H,3-5,8,16H2,1-2H3. The molecule has 1 heterocycles. The van der Waals surface area contributed by atoms with Crippen molar-refractivity contribution in [1.29, 1.82) is 0 Å². The summed E-state index contributed by atoms with van der Waals surface area (Å²) in [5.74, 6) is 2.03. The van der Waals surface area contributed by atoms with Crippen LogP contribution in [0.2, 0.25) is 0 Å². The summed E-state index contributed by atoms with van der Waals surface area (Å²) in [5, 5.41) is 3.88. The Morgan fingerprint density at radius 1 is 1.40 bits per heavy atom. The molecular formula is C14H18BrN3O2. The summed E-state index contributed by atoms with van der Waals surface area (Å²) in [5.41, 5.74) is 7.79. The number of nitrogens with two attached hydrogens (primary N) is 1. The largest absolute Gasteiger partial charge is 0.485 e. The van der Waals surface area contributed by atoms with Crippen LogP contribution in [0.15, 0.2) is 21.1 Å². The van der Waals surface area contributed by atoms with Crippen molar-refractivity contribution in [3.05, 3.63) is 39.4 Å². The van der Waals surface area contributed by atoms with Gasteiger partial charge in [0.2, 0.25) is 11.7 Å². The lowest BCUT2D eigenvalue weighted by Gasteiger charge is -2.13. The van der Waals surface area contributed by atoms with E-state index in [2.05, 4.69) is 26.1 Å². The van der Waals surface area contributed by atoms with Crippen LogP contribution in [0.25, 0.3) is 0 Å². The SMILES string of the molecule is CCc1nc(COc2c(C)cc(Br)cc2CCN)no1. The average Bonchev–Trinajstić information content (AvgIpc) is 2.86. The number of hydrogen-bond acceptors (Lipinski definition) is 5. The molecule has 20 heavy (non-hydrogen) atoms. The van der Waals surface area contributed by atoms with E-state index in [-0.39, 0.29) is 0 Å². The van der Waals surface area contributed by atoms with E-state index in [9.17, 15) is 0 Å². The molecule has 0 bridgehead atoms. The Balaban J connectivity index is 2.15. The van der Waals surface area contributed by atoms with Crippen LogP contribution in [0.5, 0.6) is 5.75 Å². The zero-order valence-corrected chi connectivity index (χ0v) is 13.2. The first kappa shape index (κ1) is 15.0. The second kappa shape index (κ2) is 6.85. The molecule has 0 saturated carbocycles. The molecule has 0 saturated heterocycles. The van der Waals surface area contributed by atoms with Gasteiger partial charge in [-0.3, -0.25) is 0 Å². The highest BCUT2D eigenvalue weighted by molar-refractivity contribution is 9.10. The van der Waals surface area contributed by atoms with Crippen molar-refractivity contribution in [3.63, 3.8) is 0 Å². The summed E-state index contributed by atoms with van der Waals surface area (Å²) in [4.78, 5) is 4.23. The lowest BCUT2D eigenvalue weighted by atomic mass is 10.1. The van der Waals surface area contributed by atoms with Gasteiger partial charge in [-0.1, -0.05) is 28.0 Å². The Kier molecular flexibility index (Phi) is 5.14. The summed E-state index contributed by atoms with van der Waals surface area (Å²) in [6.45, 7) is 4.85. The van der Waals surface area contributed by atoms with E-state index in [0.717, 1.165) is 34.2 Å². The molecule has 1 aromatic carbocycles. The van der Waals surface area contributed by atoms with E-state index in [1.54, 1.807) is 0 Å². The van der Waals surface area contributed by atoms with E-state index < -0.39 is 0 Å². The maximum absolute atomic E-state index is 5.86. The normalized spacial score (nSPS) is 10.8. The smallest absolute Gasteiger partial charge is 0.226 e. The molecule has 5 nitrogen and oxygen atoms in total. The first-order valence-corrected chi connectivity index (χ1v) is 7.36. The van der Waals surface area contributed by atoms with Crippen molar-refractivity contribution in [1.82, 2.24) is 10.1 Å². The first-order chi connectivity index (χ1) is 9.63. The summed E-state index contributed by atoms with van der Waals surface area (Å²) in [6, 6.07) is 4.05. The van der Waals surface area contributed by atoms with Gasteiger partial charge in [0.05, 0.1) is 0 Å². The van der Waals surface area contributed by atoms with Gasteiger partial charge in [-0.2, -0.15) is 4.98 Å². The van der Waals surface area contributed by atoms with Gasteiger partial charge in [0, 0.05) is 10.9 Å². The van der Waals surface area contributed by atoms with Crippen molar-refractivity contribution < 1.29 is 9.26 Å². The fraction of sp³-hybridized carbons (Fsp3) is 0.429. The summed E-state index contributed by atoms with van der Waals surface area (Å²) < 4.78 is 11.9. The van der Waals surface area contributed by atoms with Gasteiger partial charge in [0.1, 0.15) is 5.75 Å². The number of ether oxygens (including phenoxy) is 1. The fourth-order valence-corrected chi connectivity index (χ4v) is 2.60. The highest BCUT2D eigenvalue weighted by atomic mass is 79.9. The molecule has 2 N–H and O–H groups in total. The number of hydrogen-bond donors (Lipinski definition) is 1. The van der Waals surface area contributed by atoms with Crippen LogP contribution in [0, 0.1) is 6.92 Å². The van der Waals surface area contributed by atoms with Gasteiger partial charge in [0.15, 0.2) is 6.61 Å². The van der Waals surface area contributed by atoms with Crippen LogP contribution >= 0.6 is 15.9 Å². The van der Waals surface area contributed by atoms with Crippen LogP contribution in [0.4, 0.5) is 0 Å². The van der Waals surface area contributed by atoms with Crippen molar-refractivity contribution in [2.75, 3.05) is 6.54 Å². The molecule has 0 aliphatic carbocycles. The predicted molar refractivity (Wildman–Crippen MR) is 79.6 cm³/mol. The lowest BCUT2D eigenvalue weighted by molar-refractivity contribution is 0.281. The number of halogens is 1. The molecule has 2 aromatic rings. The number of benzene rings is 1. The van der Waals surface area contributed by atoms with Crippen molar-refractivity contribution in [3.8, 4) is 5.75 Å². The topological polar surface area (TPSA) is 74.2 Å². The number of rotatable bonds is 6. The van der Waals surface area contributed by atoms with Crippen LogP contribution in [-0.2, 0) is 19.4 Å². The predicted octanol–water partition coefficient (Wildman–Crippen LogP) is 2.78. The Labute approximate surface area is 126 Å². The molecule has 2 rings (SSSR count). The number of nitrogens with zero attached hydrogens (tertiary/aromatic N) is 2. The second-order valence-corrected chi connectivity index (χ2v) is 5.41. The molecule has 108 valence electrons. The Morgan fingerprint density at radius 3 is 2.85 bits per heavy atom. The van der Waals surface area contributed by atoms with E-state index in [0.29, 0.717) is 24.9 Å². The Hall–Kier alpha value is -1.40. The monoisotopic (exact) mass is 339 g/mol. The molecule has 0 aliphatic heterocycles. The summed E-state index contributed by atoms with van der Waals surface area (Å²) in [6.07, 6.45) is 1.49. The minimum atomic E-state index is 0.295. The minimum Gasteiger partial charge on any atom is -0.485 e. The molecular weight excluding hydrogens is 322 g/mol. The Bertz CT molecular complexity index is 584. The molecule has 0 radical (unpaired) electrons. The van der Waals surface area contributed by atoms with Gasteiger partial charge in [-0.25, -0.2) is 0 Å². The van der Waals surface area contributed by atoms with E-state index in [1.165, 1.54) is 0 Å². The lowest BCUT2D eigenvalue weighted by Crippen LogP contribution is -2.07. The van der Waals surface area contributed by atoms with Gasteiger partial charge >= 0.3 is 0 Å². The van der Waals surface area contributed by atoms with Crippen LogP contribution in [0.1, 0.15) is 29.8 Å². The van der Waals surface area contributed by atoms with E-state index in [1.807, 2.05) is 26.0 Å². The second-order valence-electron chi connectivity index (χ2n) is 4.50. The quantitative estimate of drug-likeness (QED) is 0.875. The molecule has 0 aliphatic rings. The molecule has 0 amide bonds. The zero-order valence-electron chi connectivity index (χ0n) is 11.6. The van der Waals surface area contributed by atoms with E-state index in [4.69, 9.17) is 15.0 Å². The number of aryl methyl sites for hydroxylation is 2. The molecule has 1 aromatic heterocycles. The zero-order chi connectivity index (χ0) is 14.5. The van der Waals surface area contributed by atoms with Crippen molar-refractivity contribution in [2.45, 2.75) is 33.3 Å². The minimum absolute atomic E-state index is 0.295. The van der Waals surface area contributed by atoms with Gasteiger partial charge in [0.25, 0.3) is 0 Å². The van der Waals surface area contributed by atoms with Crippen molar-refractivity contribution >= 4 is 15.9 Å². The fourth-order valence-electron chi connectivity index (χ4n) is 1.98. The van der Waals surface area contributed by atoms with Crippen LogP contribution < -0.4 is 10.5 Å². The van der Waals surface area contributed by atoms with Gasteiger partial charge in [-0.05, 0) is 43.1 Å². The number of aromatic nitrogens is 2. The highest BCUT2D eigenvalue weighted by Crippen LogP contribution is 2.29. The molecule has 0 unspecified atom stereocenters. The molecule has 6 heteroatoms. The Morgan fingerprint density at radius 2 is 2.20 bits per heavy atom. The maximum Gasteiger partial charge on any atom is 0.226 e. The average molecular weight is 340 g/mol. The summed E-state index contributed by atoms with van der Waals surface area (Å²) >= 11 is 3.49. The molecule has 0 fully saturated rings. The van der Waals surface area contributed by atoms with Crippen LogP contribution in [-0.4, -0.2) is 16.7 Å².